The predicted octanol–water partition coefficient (Wildman–Crippen LogP) is 3.83. The Bertz CT molecular complexity index is 602. The molecule has 0 bridgehead atoms. The Morgan fingerprint density at radius 1 is 1.24 bits per heavy atom. The molecule has 4 heteroatoms. The maximum Gasteiger partial charge on any atom is 0.337 e. The van der Waals surface area contributed by atoms with Gasteiger partial charge in [0.15, 0.2) is 0 Å². The quantitative estimate of drug-likeness (QED) is 0.827. The molecule has 0 aromatic heterocycles. The number of nitrogens with one attached hydrogen (secondary N) is 1. The van der Waals surface area contributed by atoms with Gasteiger partial charge in [0, 0.05) is 6.42 Å². The summed E-state index contributed by atoms with van der Waals surface area (Å²) >= 11 is 0. The largest absolute Gasteiger partial charge is 0.478 e. The summed E-state index contributed by atoms with van der Waals surface area (Å²) < 4.78 is 0. The molecule has 112 valence electrons. The van der Waals surface area contributed by atoms with Crippen LogP contribution in [0.15, 0.2) is 23.8 Å². The van der Waals surface area contributed by atoms with E-state index in [1.54, 1.807) is 6.07 Å². The number of hydrogen-bond acceptors (Lipinski definition) is 2. The molecule has 0 atom stereocenters. The van der Waals surface area contributed by atoms with E-state index in [1.807, 2.05) is 19.9 Å². The summed E-state index contributed by atoms with van der Waals surface area (Å²) in [5.74, 6) is -1.16. The fourth-order valence-electron chi connectivity index (χ4n) is 2.76. The van der Waals surface area contributed by atoms with Gasteiger partial charge >= 0.3 is 5.97 Å². The molecule has 0 spiro atoms. The third-order valence-electron chi connectivity index (χ3n) is 3.75. The summed E-state index contributed by atoms with van der Waals surface area (Å²) in [6.07, 6.45) is 6.79. The van der Waals surface area contributed by atoms with Crippen LogP contribution in [0.25, 0.3) is 0 Å². The van der Waals surface area contributed by atoms with Crippen LogP contribution >= 0.6 is 0 Å². The van der Waals surface area contributed by atoms with Crippen molar-refractivity contribution in [1.82, 2.24) is 0 Å². The number of hydrogen-bond donors (Lipinski definition) is 2. The summed E-state index contributed by atoms with van der Waals surface area (Å²) in [4.78, 5) is 23.5. The number of anilines is 1. The van der Waals surface area contributed by atoms with Crippen molar-refractivity contribution < 1.29 is 14.7 Å². The first kappa shape index (κ1) is 15.3. The maximum absolute atomic E-state index is 12.1. The molecule has 2 rings (SSSR count). The Balaban J connectivity index is 2.16. The van der Waals surface area contributed by atoms with Crippen LogP contribution in [0.5, 0.6) is 0 Å². The molecule has 0 heterocycles. The maximum atomic E-state index is 12.1. The number of allylic oxidation sites excluding steroid dienone is 1. The lowest BCUT2D eigenvalue weighted by atomic mass is 9.97. The molecule has 0 unspecified atom stereocenters. The van der Waals surface area contributed by atoms with Gasteiger partial charge in [0.1, 0.15) is 0 Å². The van der Waals surface area contributed by atoms with Crippen molar-refractivity contribution in [1.29, 1.82) is 0 Å². The van der Waals surface area contributed by atoms with E-state index < -0.39 is 5.97 Å². The first-order valence-electron chi connectivity index (χ1n) is 7.29. The van der Waals surface area contributed by atoms with Crippen LogP contribution in [-0.2, 0) is 4.79 Å². The van der Waals surface area contributed by atoms with E-state index >= 15 is 0 Å². The number of rotatable bonds is 4. The standard InChI is InChI=1S/C17H21NO3/c1-11-8-12(2)16(14(9-11)17(20)21)18-15(19)10-13-6-4-3-5-7-13/h6,8-9H,3-5,7,10H2,1-2H3,(H,18,19)(H,20,21). The topological polar surface area (TPSA) is 66.4 Å². The predicted molar refractivity (Wildman–Crippen MR) is 82.7 cm³/mol. The van der Waals surface area contributed by atoms with Gasteiger partial charge in [-0.15, -0.1) is 0 Å². The van der Waals surface area contributed by atoms with Crippen molar-refractivity contribution >= 4 is 17.6 Å². The molecule has 1 aliphatic rings. The number of carboxylic acid groups (broad SMARTS) is 1. The van der Waals surface area contributed by atoms with Gasteiger partial charge in [-0.25, -0.2) is 4.79 Å². The Labute approximate surface area is 124 Å². The van der Waals surface area contributed by atoms with Crippen LogP contribution in [0.2, 0.25) is 0 Å². The minimum absolute atomic E-state index is 0.141. The lowest BCUT2D eigenvalue weighted by Gasteiger charge is -2.15. The zero-order valence-corrected chi connectivity index (χ0v) is 12.5. The molecular weight excluding hydrogens is 266 g/mol. The second-order valence-electron chi connectivity index (χ2n) is 5.64. The second kappa shape index (κ2) is 6.57. The molecule has 1 aromatic carbocycles. The SMILES string of the molecule is Cc1cc(C)c(NC(=O)CC2=CCCCC2)c(C(=O)O)c1. The van der Waals surface area contributed by atoms with Crippen molar-refractivity contribution in [2.75, 3.05) is 5.32 Å². The second-order valence-corrected chi connectivity index (χ2v) is 5.64. The van der Waals surface area contributed by atoms with Gasteiger partial charge in [0.2, 0.25) is 5.91 Å². The average Bonchev–Trinajstić information content (AvgIpc) is 2.42. The van der Waals surface area contributed by atoms with E-state index in [9.17, 15) is 14.7 Å². The number of benzene rings is 1. The molecule has 21 heavy (non-hydrogen) atoms. The number of carbonyl (C=O) groups excluding carboxylic acids is 1. The molecule has 1 aromatic rings. The number of carboxylic acids is 1. The van der Waals surface area contributed by atoms with Gasteiger partial charge < -0.3 is 10.4 Å². The molecular formula is C17H21NO3. The van der Waals surface area contributed by atoms with E-state index in [2.05, 4.69) is 11.4 Å². The summed E-state index contributed by atoms with van der Waals surface area (Å²) in [7, 11) is 0. The third kappa shape index (κ3) is 3.94. The van der Waals surface area contributed by atoms with E-state index in [1.165, 1.54) is 6.42 Å². The van der Waals surface area contributed by atoms with E-state index in [4.69, 9.17) is 0 Å². The summed E-state index contributed by atoms with van der Waals surface area (Å²) in [6.45, 7) is 3.66. The fourth-order valence-corrected chi connectivity index (χ4v) is 2.76. The summed E-state index contributed by atoms with van der Waals surface area (Å²) in [5, 5.41) is 12.1. The van der Waals surface area contributed by atoms with Crippen molar-refractivity contribution in [3.05, 3.63) is 40.5 Å². The summed E-state index contributed by atoms with van der Waals surface area (Å²) in [6, 6.07) is 3.47. The number of amides is 1. The zero-order valence-electron chi connectivity index (χ0n) is 12.5. The number of aryl methyl sites for hydroxylation is 2. The molecule has 2 N–H and O–H groups in total. The molecule has 1 amide bonds. The Morgan fingerprint density at radius 2 is 2.00 bits per heavy atom. The van der Waals surface area contributed by atoms with Gasteiger partial charge in [0.25, 0.3) is 0 Å². The van der Waals surface area contributed by atoms with Crippen LogP contribution in [-0.4, -0.2) is 17.0 Å². The highest BCUT2D eigenvalue weighted by Crippen LogP contribution is 2.25. The van der Waals surface area contributed by atoms with E-state index in [-0.39, 0.29) is 11.5 Å². The van der Waals surface area contributed by atoms with Crippen molar-refractivity contribution in [2.24, 2.45) is 0 Å². The number of carbonyl (C=O) groups is 2. The Morgan fingerprint density at radius 3 is 2.62 bits per heavy atom. The van der Waals surface area contributed by atoms with E-state index in [0.29, 0.717) is 12.1 Å². The molecule has 0 radical (unpaired) electrons. The third-order valence-corrected chi connectivity index (χ3v) is 3.75. The lowest BCUT2D eigenvalue weighted by molar-refractivity contribution is -0.115. The highest BCUT2D eigenvalue weighted by atomic mass is 16.4. The van der Waals surface area contributed by atoms with Gasteiger partial charge in [0.05, 0.1) is 11.3 Å². The fraction of sp³-hybridized carbons (Fsp3) is 0.412. The van der Waals surface area contributed by atoms with Crippen molar-refractivity contribution in [2.45, 2.75) is 46.0 Å². The first-order chi connectivity index (χ1) is 9.97. The van der Waals surface area contributed by atoms with Gasteiger partial charge in [-0.2, -0.15) is 0 Å². The molecule has 4 nitrogen and oxygen atoms in total. The highest BCUT2D eigenvalue weighted by molar-refractivity contribution is 6.02. The van der Waals surface area contributed by atoms with Crippen LogP contribution in [0.4, 0.5) is 5.69 Å². The minimum atomic E-state index is -1.02. The smallest absolute Gasteiger partial charge is 0.337 e. The highest BCUT2D eigenvalue weighted by Gasteiger charge is 2.16. The first-order valence-corrected chi connectivity index (χ1v) is 7.29. The van der Waals surface area contributed by atoms with Gasteiger partial charge in [-0.3, -0.25) is 4.79 Å². The zero-order chi connectivity index (χ0) is 15.4. The molecule has 0 saturated carbocycles. The molecule has 1 aliphatic carbocycles. The van der Waals surface area contributed by atoms with Gasteiger partial charge in [-0.05, 0) is 56.7 Å². The Kier molecular flexibility index (Phi) is 4.78. The average molecular weight is 287 g/mol. The summed E-state index contributed by atoms with van der Waals surface area (Å²) in [5.41, 5.74) is 3.37. The van der Waals surface area contributed by atoms with Crippen LogP contribution in [0, 0.1) is 13.8 Å². The Hall–Kier alpha value is -2.10. The van der Waals surface area contributed by atoms with Crippen LogP contribution < -0.4 is 5.32 Å². The molecule has 0 fully saturated rings. The van der Waals surface area contributed by atoms with Crippen molar-refractivity contribution in [3.8, 4) is 0 Å². The van der Waals surface area contributed by atoms with Crippen LogP contribution in [0.3, 0.4) is 0 Å². The normalized spacial score (nSPS) is 14.5. The monoisotopic (exact) mass is 287 g/mol. The van der Waals surface area contributed by atoms with Crippen LogP contribution in [0.1, 0.15) is 53.6 Å². The molecule has 0 aliphatic heterocycles. The van der Waals surface area contributed by atoms with Gasteiger partial charge in [-0.1, -0.05) is 17.7 Å². The molecule has 0 saturated heterocycles. The number of aromatic carboxylic acids is 1. The minimum Gasteiger partial charge on any atom is -0.478 e. The van der Waals surface area contributed by atoms with Crippen molar-refractivity contribution in [3.63, 3.8) is 0 Å². The van der Waals surface area contributed by atoms with E-state index in [0.717, 1.165) is 36.0 Å². The lowest BCUT2D eigenvalue weighted by Crippen LogP contribution is -2.17.